The van der Waals surface area contributed by atoms with Crippen LogP contribution in [0.5, 0.6) is 17.2 Å². The molecule has 0 spiro atoms. The molecular formula is C24H24N4O4S. The smallest absolute Gasteiger partial charge is 0.262 e. The summed E-state index contributed by atoms with van der Waals surface area (Å²) in [6, 6.07) is 11.2. The van der Waals surface area contributed by atoms with Gasteiger partial charge < -0.3 is 19.5 Å². The van der Waals surface area contributed by atoms with Crippen LogP contribution in [0.1, 0.15) is 12.5 Å². The summed E-state index contributed by atoms with van der Waals surface area (Å²) in [5, 5.41) is 9.72. The Morgan fingerprint density at radius 2 is 2.12 bits per heavy atom. The average Bonchev–Trinajstić information content (AvgIpc) is 3.23. The van der Waals surface area contributed by atoms with E-state index < -0.39 is 0 Å². The van der Waals surface area contributed by atoms with Crippen LogP contribution in [0.2, 0.25) is 0 Å². The summed E-state index contributed by atoms with van der Waals surface area (Å²) in [7, 11) is 3.24. The van der Waals surface area contributed by atoms with E-state index in [9.17, 15) is 4.79 Å². The van der Waals surface area contributed by atoms with Gasteiger partial charge >= 0.3 is 0 Å². The normalized spacial score (nSPS) is 13.7. The number of benzene rings is 2. The van der Waals surface area contributed by atoms with Gasteiger partial charge in [-0.3, -0.25) is 9.79 Å². The minimum Gasteiger partial charge on any atom is -0.497 e. The molecular weight excluding hydrogens is 440 g/mol. The lowest BCUT2D eigenvalue weighted by Crippen LogP contribution is -2.25. The zero-order valence-electron chi connectivity index (χ0n) is 18.6. The quantitative estimate of drug-likeness (QED) is 0.424. The number of hydrogen-bond donors (Lipinski definition) is 1. The first-order valence-electron chi connectivity index (χ1n) is 10.2. The number of nitrogens with one attached hydrogen (secondary N) is 1. The fraction of sp³-hybridized carbons (Fsp3) is 0.208. The molecule has 2 heterocycles. The van der Waals surface area contributed by atoms with E-state index in [1.165, 1.54) is 11.3 Å². The highest BCUT2D eigenvalue weighted by molar-refractivity contribution is 7.07. The fourth-order valence-electron chi connectivity index (χ4n) is 3.39. The minimum atomic E-state index is -0.182. The highest BCUT2D eigenvalue weighted by Crippen LogP contribution is 2.33. The monoisotopic (exact) mass is 464 g/mol. The molecule has 0 radical (unpaired) electrons. The molecule has 0 fully saturated rings. The van der Waals surface area contributed by atoms with E-state index in [-0.39, 0.29) is 12.5 Å². The molecule has 170 valence electrons. The molecule has 1 amide bonds. The van der Waals surface area contributed by atoms with Crippen molar-refractivity contribution in [2.24, 2.45) is 10.1 Å². The molecule has 0 saturated heterocycles. The first kappa shape index (κ1) is 22.3. The van der Waals surface area contributed by atoms with Crippen LogP contribution in [0.3, 0.4) is 0 Å². The minimum absolute atomic E-state index is 0.0151. The highest BCUT2D eigenvalue weighted by atomic mass is 32.1. The standard InChI is InChI=1S/C24H24N4O4S/c1-5-10-25-24-28(27-15(2)18-12-17(30-3)7-9-21(18)31-4)20(14-33-24)16-6-8-22-19(11-16)26-23(29)13-32-22/h5-9,11-12,14H,1,10,13H2,2-4H3,(H,26,29). The van der Waals surface area contributed by atoms with Crippen molar-refractivity contribution in [1.29, 1.82) is 0 Å². The van der Waals surface area contributed by atoms with Crippen molar-refractivity contribution in [3.63, 3.8) is 0 Å². The van der Waals surface area contributed by atoms with E-state index in [1.54, 1.807) is 25.0 Å². The van der Waals surface area contributed by atoms with Crippen molar-refractivity contribution < 1.29 is 19.0 Å². The Labute approximate surface area is 195 Å². The van der Waals surface area contributed by atoms with Crippen LogP contribution in [-0.4, -0.2) is 43.7 Å². The molecule has 2 aromatic carbocycles. The number of ether oxygens (including phenoxy) is 3. The molecule has 33 heavy (non-hydrogen) atoms. The van der Waals surface area contributed by atoms with E-state index in [4.69, 9.17) is 19.3 Å². The number of thiazole rings is 1. The molecule has 0 bridgehead atoms. The van der Waals surface area contributed by atoms with Crippen LogP contribution < -0.4 is 24.3 Å². The van der Waals surface area contributed by atoms with Crippen LogP contribution in [0.4, 0.5) is 5.69 Å². The second-order valence-corrected chi connectivity index (χ2v) is 7.98. The highest BCUT2D eigenvalue weighted by Gasteiger charge is 2.18. The fourth-order valence-corrected chi connectivity index (χ4v) is 4.23. The number of nitrogens with zero attached hydrogens (tertiary/aromatic N) is 3. The second-order valence-electron chi connectivity index (χ2n) is 7.14. The van der Waals surface area contributed by atoms with Crippen LogP contribution in [0, 0.1) is 0 Å². The Balaban J connectivity index is 1.85. The van der Waals surface area contributed by atoms with Gasteiger partial charge in [0.05, 0.1) is 37.9 Å². The molecule has 0 atom stereocenters. The predicted molar refractivity (Wildman–Crippen MR) is 130 cm³/mol. The number of rotatable bonds is 7. The lowest BCUT2D eigenvalue weighted by Gasteiger charge is -2.18. The van der Waals surface area contributed by atoms with Gasteiger partial charge in [0.2, 0.25) is 4.80 Å². The Morgan fingerprint density at radius 3 is 2.88 bits per heavy atom. The Kier molecular flexibility index (Phi) is 6.60. The molecule has 8 nitrogen and oxygen atoms in total. The molecule has 3 aromatic rings. The third-order valence-electron chi connectivity index (χ3n) is 5.00. The van der Waals surface area contributed by atoms with Gasteiger partial charge in [-0.25, -0.2) is 4.68 Å². The lowest BCUT2D eigenvalue weighted by atomic mass is 10.1. The SMILES string of the molecule is C=CCN=c1scc(-c2ccc3c(c2)NC(=O)CO3)n1N=C(C)c1cc(OC)ccc1OC. The lowest BCUT2D eigenvalue weighted by molar-refractivity contribution is -0.118. The van der Waals surface area contributed by atoms with Crippen LogP contribution in [0.15, 0.2) is 64.5 Å². The predicted octanol–water partition coefficient (Wildman–Crippen LogP) is 3.92. The van der Waals surface area contributed by atoms with Crippen molar-refractivity contribution in [1.82, 2.24) is 4.68 Å². The van der Waals surface area contributed by atoms with Crippen LogP contribution in [-0.2, 0) is 4.79 Å². The van der Waals surface area contributed by atoms with Gasteiger partial charge in [-0.2, -0.15) is 5.10 Å². The third-order valence-corrected chi connectivity index (χ3v) is 5.85. The van der Waals surface area contributed by atoms with Gasteiger partial charge in [-0.15, -0.1) is 17.9 Å². The van der Waals surface area contributed by atoms with Crippen molar-refractivity contribution in [2.75, 3.05) is 32.7 Å². The zero-order chi connectivity index (χ0) is 23.4. The first-order valence-corrected chi connectivity index (χ1v) is 11.1. The molecule has 0 aliphatic carbocycles. The van der Waals surface area contributed by atoms with Gasteiger partial charge in [0.1, 0.15) is 17.2 Å². The number of hydrogen-bond acceptors (Lipinski definition) is 7. The van der Waals surface area contributed by atoms with Gasteiger partial charge in [0.25, 0.3) is 5.91 Å². The summed E-state index contributed by atoms with van der Waals surface area (Å²) < 4.78 is 18.2. The summed E-state index contributed by atoms with van der Waals surface area (Å²) in [6.45, 7) is 6.14. The third kappa shape index (κ3) is 4.68. The maximum Gasteiger partial charge on any atom is 0.262 e. The number of anilines is 1. The molecule has 1 aliphatic heterocycles. The number of carbonyl (C=O) groups is 1. The van der Waals surface area contributed by atoms with Crippen LogP contribution >= 0.6 is 11.3 Å². The van der Waals surface area contributed by atoms with Gasteiger partial charge in [-0.05, 0) is 43.3 Å². The van der Waals surface area contributed by atoms with E-state index in [0.717, 1.165) is 22.5 Å². The summed E-state index contributed by atoms with van der Waals surface area (Å²) in [6.07, 6.45) is 1.73. The van der Waals surface area contributed by atoms with E-state index in [1.807, 2.05) is 48.7 Å². The summed E-state index contributed by atoms with van der Waals surface area (Å²) >= 11 is 1.47. The second kappa shape index (κ2) is 9.74. The molecule has 1 N–H and O–H groups in total. The molecule has 0 saturated carbocycles. The van der Waals surface area contributed by atoms with Gasteiger partial charge in [-0.1, -0.05) is 6.08 Å². The average molecular weight is 465 g/mol. The summed E-state index contributed by atoms with van der Waals surface area (Å²) in [4.78, 5) is 17.1. The number of methoxy groups -OCH3 is 2. The number of aromatic nitrogens is 1. The molecule has 4 rings (SSSR count). The molecule has 1 aliphatic rings. The van der Waals surface area contributed by atoms with Crippen molar-refractivity contribution in [2.45, 2.75) is 6.92 Å². The van der Waals surface area contributed by atoms with Crippen molar-refractivity contribution in [3.05, 3.63) is 64.8 Å². The van der Waals surface area contributed by atoms with Crippen LogP contribution in [0.25, 0.3) is 11.3 Å². The summed E-state index contributed by atoms with van der Waals surface area (Å²) in [5.41, 5.74) is 3.85. The Hall–Kier alpha value is -3.85. The number of carbonyl (C=O) groups excluding carboxylic acids is 1. The molecule has 0 unspecified atom stereocenters. The molecule has 1 aromatic heterocycles. The molecule has 9 heteroatoms. The Bertz CT molecular complexity index is 1310. The van der Waals surface area contributed by atoms with Crippen molar-refractivity contribution >= 4 is 28.6 Å². The number of amides is 1. The van der Waals surface area contributed by atoms with Gasteiger partial charge in [0.15, 0.2) is 6.61 Å². The first-order chi connectivity index (χ1) is 16.0. The topological polar surface area (TPSA) is 86.4 Å². The maximum atomic E-state index is 11.8. The maximum absolute atomic E-state index is 11.8. The Morgan fingerprint density at radius 1 is 1.27 bits per heavy atom. The van der Waals surface area contributed by atoms with Crippen molar-refractivity contribution in [3.8, 4) is 28.5 Å². The summed E-state index contributed by atoms with van der Waals surface area (Å²) in [5.74, 6) is 1.85. The van der Waals surface area contributed by atoms with E-state index >= 15 is 0 Å². The van der Waals surface area contributed by atoms with E-state index in [2.05, 4.69) is 16.9 Å². The van der Waals surface area contributed by atoms with Gasteiger partial charge in [0, 0.05) is 16.5 Å². The zero-order valence-corrected chi connectivity index (χ0v) is 19.4. The number of fused-ring (bicyclic) bond motifs is 1. The van der Waals surface area contributed by atoms with E-state index in [0.29, 0.717) is 34.3 Å². The largest absolute Gasteiger partial charge is 0.497 e.